The number of alkyl halides is 3. The van der Waals surface area contributed by atoms with E-state index in [4.69, 9.17) is 9.47 Å². The fourth-order valence-corrected chi connectivity index (χ4v) is 3.90. The minimum atomic E-state index is -5.98. The molecule has 12 nitrogen and oxygen atoms in total. The van der Waals surface area contributed by atoms with Gasteiger partial charge in [-0.2, -0.15) is 21.6 Å². The Morgan fingerprint density at radius 2 is 1.09 bits per heavy atom. The van der Waals surface area contributed by atoms with E-state index in [1.165, 1.54) is 57.7 Å². The molecule has 47 heavy (non-hydrogen) atoms. The predicted molar refractivity (Wildman–Crippen MR) is 159 cm³/mol. The lowest BCUT2D eigenvalue weighted by molar-refractivity contribution is -0.0500. The topological polar surface area (TPSA) is 158 Å². The van der Waals surface area contributed by atoms with Crippen molar-refractivity contribution >= 4 is 34.0 Å². The molecule has 3 aromatic carbocycles. The van der Waals surface area contributed by atoms with Gasteiger partial charge in [0.15, 0.2) is 5.75 Å². The van der Waals surface area contributed by atoms with Crippen molar-refractivity contribution in [2.45, 2.75) is 20.4 Å². The van der Waals surface area contributed by atoms with Crippen LogP contribution in [0.5, 0.6) is 11.5 Å². The number of esters is 4. The van der Waals surface area contributed by atoms with Crippen LogP contribution in [0.2, 0.25) is 0 Å². The van der Waals surface area contributed by atoms with Gasteiger partial charge in [0.25, 0.3) is 0 Å². The van der Waals surface area contributed by atoms with Crippen LogP contribution in [0.4, 0.5) is 17.6 Å². The summed E-state index contributed by atoms with van der Waals surface area (Å²) in [5.41, 5.74) is -5.89. The Morgan fingerprint density at radius 1 is 0.617 bits per heavy atom. The largest absolute Gasteiger partial charge is 0.534 e. The lowest BCUT2D eigenvalue weighted by Crippen LogP contribution is -2.28. The Balaban J connectivity index is 0.000000865. The summed E-state index contributed by atoms with van der Waals surface area (Å²) >= 11 is 0. The van der Waals surface area contributed by atoms with E-state index in [0.717, 1.165) is 26.4 Å². The van der Waals surface area contributed by atoms with Crippen molar-refractivity contribution in [1.82, 2.24) is 0 Å². The van der Waals surface area contributed by atoms with Crippen LogP contribution >= 0.6 is 0 Å². The normalized spacial score (nSPS) is 10.4. The third-order valence-electron chi connectivity index (χ3n) is 5.60. The van der Waals surface area contributed by atoms with Crippen LogP contribution in [0.25, 0.3) is 11.1 Å². The Morgan fingerprint density at radius 3 is 1.55 bits per heavy atom. The van der Waals surface area contributed by atoms with E-state index in [2.05, 4.69) is 18.4 Å². The maximum atomic E-state index is 14.2. The fourth-order valence-electron chi connectivity index (χ4n) is 3.42. The van der Waals surface area contributed by atoms with Gasteiger partial charge in [-0.05, 0) is 54.1 Å². The first-order chi connectivity index (χ1) is 21.0. The van der Waals surface area contributed by atoms with Gasteiger partial charge in [-0.3, -0.25) is 0 Å². The zero-order valence-electron chi connectivity index (χ0n) is 24.0. The van der Waals surface area contributed by atoms with Gasteiger partial charge in [0, 0.05) is 5.56 Å². The highest BCUT2D eigenvalue weighted by molar-refractivity contribution is 7.88. The third-order valence-corrected chi connectivity index (χ3v) is 6.56. The second-order valence-electron chi connectivity index (χ2n) is 8.27. The molecule has 0 aromatic heterocycles. The van der Waals surface area contributed by atoms with E-state index in [0.29, 0.717) is 17.4 Å². The van der Waals surface area contributed by atoms with Crippen molar-refractivity contribution in [3.05, 3.63) is 82.7 Å². The van der Waals surface area contributed by atoms with Crippen LogP contribution in [-0.4, -0.2) is 73.4 Å². The molecule has 0 radical (unpaired) electrons. The van der Waals surface area contributed by atoms with Crippen molar-refractivity contribution in [2.75, 3.05) is 35.5 Å². The van der Waals surface area contributed by atoms with E-state index >= 15 is 0 Å². The standard InChI is InChI=1S/C17H15FO5.C11H9F3O7S.2CH4/c1-21-11-5-7-15(18)13(9-11)12-6-4-10(16(19)22-2)8-14(12)17(20)23-3;1-19-9(15)6-3-4-8(7(5-6)10(16)20-2)21-22(17,18)11(12,13)14;;/h4-9H,1-3H3;3-5H,1-2H3;2*1H4. The van der Waals surface area contributed by atoms with Crippen LogP contribution in [0.15, 0.2) is 54.6 Å². The molecule has 0 amide bonds. The van der Waals surface area contributed by atoms with Crippen LogP contribution in [0, 0.1) is 5.82 Å². The minimum Gasteiger partial charge on any atom is -0.497 e. The molecule has 0 heterocycles. The summed E-state index contributed by atoms with van der Waals surface area (Å²) in [5.74, 6) is -4.40. The molecule has 0 saturated carbocycles. The molecule has 0 atom stereocenters. The average Bonchev–Trinajstić information content (AvgIpc) is 3.03. The van der Waals surface area contributed by atoms with Gasteiger partial charge in [-0.25, -0.2) is 23.6 Å². The maximum absolute atomic E-state index is 14.2. The fraction of sp³-hybridized carbons (Fsp3) is 0.267. The van der Waals surface area contributed by atoms with Crippen molar-refractivity contribution < 1.29 is 73.0 Å². The second kappa shape index (κ2) is 17.5. The van der Waals surface area contributed by atoms with Gasteiger partial charge in [0.2, 0.25) is 0 Å². The summed E-state index contributed by atoms with van der Waals surface area (Å²) < 4.78 is 100.0. The van der Waals surface area contributed by atoms with E-state index in [-0.39, 0.29) is 37.1 Å². The van der Waals surface area contributed by atoms with Crippen LogP contribution < -0.4 is 8.92 Å². The second-order valence-corrected chi connectivity index (χ2v) is 9.80. The molecule has 0 N–H and O–H groups in total. The zero-order valence-corrected chi connectivity index (χ0v) is 24.8. The molecule has 0 aliphatic carbocycles. The molecule has 0 aliphatic rings. The first-order valence-electron chi connectivity index (χ1n) is 12.0. The summed E-state index contributed by atoms with van der Waals surface area (Å²) in [6.45, 7) is 0. The smallest absolute Gasteiger partial charge is 0.497 e. The summed E-state index contributed by atoms with van der Waals surface area (Å²) in [4.78, 5) is 46.5. The molecule has 0 spiro atoms. The Kier molecular flexibility index (Phi) is 15.6. The highest BCUT2D eigenvalue weighted by Crippen LogP contribution is 2.32. The lowest BCUT2D eigenvalue weighted by Gasteiger charge is -2.12. The lowest BCUT2D eigenvalue weighted by atomic mass is 9.96. The van der Waals surface area contributed by atoms with Crippen molar-refractivity contribution in [1.29, 1.82) is 0 Å². The van der Waals surface area contributed by atoms with Crippen LogP contribution in [-0.2, 0) is 29.1 Å². The molecule has 258 valence electrons. The molecular weight excluding hydrogens is 660 g/mol. The van der Waals surface area contributed by atoms with Gasteiger partial charge in [-0.15, -0.1) is 0 Å². The molecule has 0 fully saturated rings. The zero-order chi connectivity index (χ0) is 34.1. The summed E-state index contributed by atoms with van der Waals surface area (Å²) in [7, 11) is -0.129. The van der Waals surface area contributed by atoms with E-state index in [1.807, 2.05) is 0 Å². The number of ether oxygens (including phenoxy) is 5. The monoisotopic (exact) mass is 692 g/mol. The SMILES string of the molecule is C.C.COC(=O)c1ccc(-c2cc(OC)ccc2F)c(C(=O)OC)c1.COC(=O)c1ccc(OS(=O)(=O)C(F)(F)F)c(C(=O)OC)c1. The molecule has 3 aromatic rings. The number of hydrogen-bond donors (Lipinski definition) is 0. The van der Waals surface area contributed by atoms with Gasteiger partial charge >= 0.3 is 39.5 Å². The molecule has 3 rings (SSSR count). The third kappa shape index (κ3) is 10.2. The highest BCUT2D eigenvalue weighted by Gasteiger charge is 2.49. The quantitative estimate of drug-likeness (QED) is 0.0915. The molecule has 0 bridgehead atoms. The maximum Gasteiger partial charge on any atom is 0.534 e. The number of rotatable bonds is 8. The van der Waals surface area contributed by atoms with Gasteiger partial charge in [0.05, 0.1) is 52.2 Å². The molecule has 0 aliphatic heterocycles. The first-order valence-corrected chi connectivity index (χ1v) is 13.4. The first kappa shape index (κ1) is 41.8. The Bertz CT molecular complexity index is 1700. The molecule has 0 saturated heterocycles. The average molecular weight is 693 g/mol. The van der Waals surface area contributed by atoms with E-state index in [9.17, 15) is 45.2 Å². The van der Waals surface area contributed by atoms with Gasteiger partial charge < -0.3 is 27.9 Å². The Labute approximate surface area is 268 Å². The number of carbonyl (C=O) groups excluding carboxylic acids is 4. The van der Waals surface area contributed by atoms with Crippen molar-refractivity contribution in [3.63, 3.8) is 0 Å². The molecule has 0 unspecified atom stereocenters. The van der Waals surface area contributed by atoms with Gasteiger partial charge in [0.1, 0.15) is 17.1 Å². The van der Waals surface area contributed by atoms with Crippen molar-refractivity contribution in [2.24, 2.45) is 0 Å². The number of methoxy groups -OCH3 is 5. The number of halogens is 4. The number of benzene rings is 3. The van der Waals surface area contributed by atoms with E-state index < -0.39 is 56.6 Å². The predicted octanol–water partition coefficient (Wildman–Crippen LogP) is 5.83. The summed E-state index contributed by atoms with van der Waals surface area (Å²) in [5, 5.41) is 0. The van der Waals surface area contributed by atoms with Crippen LogP contribution in [0.1, 0.15) is 56.3 Å². The van der Waals surface area contributed by atoms with Gasteiger partial charge in [-0.1, -0.05) is 20.9 Å². The van der Waals surface area contributed by atoms with Crippen LogP contribution in [0.3, 0.4) is 0 Å². The molecule has 17 heteroatoms. The number of carbonyl (C=O) groups is 4. The summed E-state index contributed by atoms with van der Waals surface area (Å²) in [6.07, 6.45) is 0. The summed E-state index contributed by atoms with van der Waals surface area (Å²) in [6, 6.07) is 10.8. The van der Waals surface area contributed by atoms with Crippen molar-refractivity contribution in [3.8, 4) is 22.6 Å². The minimum absolute atomic E-state index is 0. The number of hydrogen-bond acceptors (Lipinski definition) is 12. The highest BCUT2D eigenvalue weighted by atomic mass is 32.2. The Hall–Kier alpha value is -5.19. The van der Waals surface area contributed by atoms with E-state index in [1.54, 1.807) is 0 Å². The molecular formula is C30H32F4O12S.